The zero-order chi connectivity index (χ0) is 16.8. The Morgan fingerprint density at radius 3 is 2.48 bits per heavy atom. The Labute approximate surface area is 141 Å². The average molecular weight is 351 g/mol. The highest BCUT2D eigenvalue weighted by Crippen LogP contribution is 2.14. The summed E-state index contributed by atoms with van der Waals surface area (Å²) in [6.45, 7) is 0. The quantitative estimate of drug-likeness (QED) is 0.446. The van der Waals surface area contributed by atoms with E-state index in [9.17, 15) is 14.9 Å². The summed E-state index contributed by atoms with van der Waals surface area (Å²) in [7, 11) is 0. The fraction of sp³-hybridized carbons (Fsp3) is 0. The second-order valence-electron chi connectivity index (χ2n) is 4.35. The first-order chi connectivity index (χ1) is 11.0. The Kier molecular flexibility index (Phi) is 5.45. The second kappa shape index (κ2) is 7.52. The molecule has 0 spiro atoms. The van der Waals surface area contributed by atoms with Crippen LogP contribution in [-0.2, 0) is 0 Å². The zero-order valence-corrected chi connectivity index (χ0v) is 13.1. The maximum atomic E-state index is 11.9. The monoisotopic (exact) mass is 350 g/mol. The number of rotatable bonds is 4. The lowest BCUT2D eigenvalue weighted by Gasteiger charge is -2.11. The first kappa shape index (κ1) is 16.7. The maximum Gasteiger partial charge on any atom is 0.269 e. The number of amides is 1. The third kappa shape index (κ3) is 4.90. The van der Waals surface area contributed by atoms with Crippen molar-refractivity contribution in [2.75, 3.05) is 5.43 Å². The Morgan fingerprint density at radius 1 is 1.17 bits per heavy atom. The average Bonchev–Trinajstić information content (AvgIpc) is 2.53. The van der Waals surface area contributed by atoms with E-state index in [0.29, 0.717) is 16.3 Å². The molecule has 3 N–H and O–H groups in total. The fourth-order valence-electron chi connectivity index (χ4n) is 1.63. The van der Waals surface area contributed by atoms with E-state index in [1.807, 2.05) is 0 Å². The van der Waals surface area contributed by atoms with Crippen molar-refractivity contribution in [3.05, 3.63) is 69.2 Å². The van der Waals surface area contributed by atoms with Crippen molar-refractivity contribution in [3.8, 4) is 0 Å². The summed E-state index contributed by atoms with van der Waals surface area (Å²) in [6, 6.07) is 12.1. The topological polar surface area (TPSA) is 96.3 Å². The minimum Gasteiger partial charge on any atom is -0.299 e. The third-order valence-corrected chi connectivity index (χ3v) is 3.15. The van der Waals surface area contributed by atoms with Gasteiger partial charge in [0.05, 0.1) is 10.6 Å². The van der Waals surface area contributed by atoms with Gasteiger partial charge in [-0.05, 0) is 42.5 Å². The first-order valence-corrected chi connectivity index (χ1v) is 7.11. The van der Waals surface area contributed by atoms with Gasteiger partial charge in [-0.25, -0.2) is 0 Å². The lowest BCUT2D eigenvalue weighted by atomic mass is 10.2. The third-order valence-electron chi connectivity index (χ3n) is 2.71. The number of anilines is 1. The molecular formula is C14H11ClN4O3S. The largest absolute Gasteiger partial charge is 0.299 e. The fourth-order valence-corrected chi connectivity index (χ4v) is 1.97. The Morgan fingerprint density at radius 2 is 1.87 bits per heavy atom. The highest BCUT2D eigenvalue weighted by atomic mass is 35.5. The number of hydrazine groups is 1. The van der Waals surface area contributed by atoms with Gasteiger partial charge in [-0.1, -0.05) is 17.7 Å². The number of carbonyl (C=O) groups excluding carboxylic acids is 1. The zero-order valence-electron chi connectivity index (χ0n) is 11.6. The minimum absolute atomic E-state index is 0.0209. The number of nitrogens with zero attached hydrogens (tertiary/aromatic N) is 1. The molecule has 9 heteroatoms. The normalized spacial score (nSPS) is 9.78. The van der Waals surface area contributed by atoms with E-state index in [4.69, 9.17) is 23.8 Å². The SMILES string of the molecule is O=C(NC(=S)NNc1ccc([N+](=O)[O-])cc1)c1cccc(Cl)c1. The standard InChI is InChI=1S/C14H11ClN4O3S/c15-10-3-1-2-9(8-10)13(20)16-14(23)18-17-11-4-6-12(7-5-11)19(21)22/h1-8,17H,(H2,16,18,20,23). The minimum atomic E-state index is -0.493. The Balaban J connectivity index is 1.87. The summed E-state index contributed by atoms with van der Waals surface area (Å²) in [5, 5.41) is 13.5. The van der Waals surface area contributed by atoms with Crippen molar-refractivity contribution in [3.63, 3.8) is 0 Å². The number of hydrogen-bond acceptors (Lipinski definition) is 5. The van der Waals surface area contributed by atoms with Crippen LogP contribution in [-0.4, -0.2) is 15.9 Å². The number of nitro groups is 1. The number of halogens is 1. The van der Waals surface area contributed by atoms with Crippen LogP contribution in [0.3, 0.4) is 0 Å². The van der Waals surface area contributed by atoms with Gasteiger partial charge in [0.2, 0.25) is 0 Å². The molecule has 0 heterocycles. The lowest BCUT2D eigenvalue weighted by molar-refractivity contribution is -0.384. The van der Waals surface area contributed by atoms with E-state index in [1.165, 1.54) is 30.3 Å². The molecule has 0 aliphatic carbocycles. The number of non-ortho nitro benzene ring substituents is 1. The van der Waals surface area contributed by atoms with E-state index in [2.05, 4.69) is 16.2 Å². The van der Waals surface area contributed by atoms with Crippen LogP contribution < -0.4 is 16.2 Å². The number of benzene rings is 2. The lowest BCUT2D eigenvalue weighted by Crippen LogP contribution is -2.41. The van der Waals surface area contributed by atoms with Gasteiger partial charge < -0.3 is 0 Å². The van der Waals surface area contributed by atoms with Crippen LogP contribution in [0.15, 0.2) is 48.5 Å². The van der Waals surface area contributed by atoms with E-state index >= 15 is 0 Å². The highest BCUT2D eigenvalue weighted by Gasteiger charge is 2.08. The molecule has 0 saturated carbocycles. The molecule has 0 atom stereocenters. The molecule has 1 amide bonds. The summed E-state index contributed by atoms with van der Waals surface area (Å²) < 4.78 is 0. The van der Waals surface area contributed by atoms with Crippen molar-refractivity contribution in [2.24, 2.45) is 0 Å². The molecule has 7 nitrogen and oxygen atoms in total. The molecule has 0 radical (unpaired) electrons. The predicted octanol–water partition coefficient (Wildman–Crippen LogP) is 2.88. The molecule has 118 valence electrons. The van der Waals surface area contributed by atoms with Crippen LogP contribution >= 0.6 is 23.8 Å². The van der Waals surface area contributed by atoms with Crippen molar-refractivity contribution >= 4 is 46.2 Å². The van der Waals surface area contributed by atoms with Gasteiger partial charge in [-0.2, -0.15) is 0 Å². The van der Waals surface area contributed by atoms with Crippen LogP contribution in [0, 0.1) is 10.1 Å². The van der Waals surface area contributed by atoms with E-state index in [-0.39, 0.29) is 10.8 Å². The molecular weight excluding hydrogens is 340 g/mol. The summed E-state index contributed by atoms with van der Waals surface area (Å²) in [5.41, 5.74) is 6.24. The van der Waals surface area contributed by atoms with Gasteiger partial charge in [0.25, 0.3) is 11.6 Å². The van der Waals surface area contributed by atoms with Gasteiger partial charge in [-0.3, -0.25) is 31.1 Å². The van der Waals surface area contributed by atoms with E-state index < -0.39 is 10.8 Å². The van der Waals surface area contributed by atoms with E-state index in [0.717, 1.165) is 0 Å². The van der Waals surface area contributed by atoms with Crippen molar-refractivity contribution < 1.29 is 9.72 Å². The summed E-state index contributed by atoms with van der Waals surface area (Å²) >= 11 is 10.8. The molecule has 0 fully saturated rings. The highest BCUT2D eigenvalue weighted by molar-refractivity contribution is 7.80. The molecule has 0 bridgehead atoms. The van der Waals surface area contributed by atoms with Gasteiger partial charge in [-0.15, -0.1) is 0 Å². The second-order valence-corrected chi connectivity index (χ2v) is 5.19. The first-order valence-electron chi connectivity index (χ1n) is 6.33. The van der Waals surface area contributed by atoms with Crippen LogP contribution in [0.2, 0.25) is 5.02 Å². The molecule has 2 rings (SSSR count). The molecule has 0 unspecified atom stereocenters. The van der Waals surface area contributed by atoms with Crippen molar-refractivity contribution in [2.45, 2.75) is 0 Å². The van der Waals surface area contributed by atoms with Gasteiger partial charge in [0.1, 0.15) is 0 Å². The summed E-state index contributed by atoms with van der Waals surface area (Å²) in [4.78, 5) is 22.0. The van der Waals surface area contributed by atoms with Gasteiger partial charge in [0, 0.05) is 22.7 Å². The number of nitrogens with one attached hydrogen (secondary N) is 3. The predicted molar refractivity (Wildman–Crippen MR) is 91.4 cm³/mol. The number of nitro benzene ring substituents is 1. The molecule has 0 aliphatic rings. The van der Waals surface area contributed by atoms with Gasteiger partial charge >= 0.3 is 0 Å². The molecule has 23 heavy (non-hydrogen) atoms. The number of thiocarbonyl (C=S) groups is 1. The smallest absolute Gasteiger partial charge is 0.269 e. The number of carbonyl (C=O) groups is 1. The maximum absolute atomic E-state index is 11.9. The molecule has 2 aromatic carbocycles. The van der Waals surface area contributed by atoms with Crippen LogP contribution in [0.5, 0.6) is 0 Å². The Bertz CT molecular complexity index is 752. The van der Waals surface area contributed by atoms with Crippen LogP contribution in [0.4, 0.5) is 11.4 Å². The molecule has 0 saturated heterocycles. The van der Waals surface area contributed by atoms with Crippen molar-refractivity contribution in [1.29, 1.82) is 0 Å². The van der Waals surface area contributed by atoms with Crippen molar-refractivity contribution in [1.82, 2.24) is 10.7 Å². The van der Waals surface area contributed by atoms with Crippen LogP contribution in [0.1, 0.15) is 10.4 Å². The van der Waals surface area contributed by atoms with E-state index in [1.54, 1.807) is 18.2 Å². The number of hydrogen-bond donors (Lipinski definition) is 3. The molecule has 2 aromatic rings. The molecule has 0 aromatic heterocycles. The Hall–Kier alpha value is -2.71. The summed E-state index contributed by atoms with van der Waals surface area (Å²) in [5.74, 6) is -0.407. The van der Waals surface area contributed by atoms with Gasteiger partial charge in [0.15, 0.2) is 5.11 Å². The van der Waals surface area contributed by atoms with Crippen LogP contribution in [0.25, 0.3) is 0 Å². The summed E-state index contributed by atoms with van der Waals surface area (Å²) in [6.07, 6.45) is 0. The molecule has 0 aliphatic heterocycles.